The van der Waals surface area contributed by atoms with Crippen LogP contribution < -0.4 is 5.32 Å². The Kier molecular flexibility index (Phi) is 4.38. The van der Waals surface area contributed by atoms with Gasteiger partial charge in [-0.25, -0.2) is 0 Å². The Morgan fingerprint density at radius 3 is 2.94 bits per heavy atom. The van der Waals surface area contributed by atoms with E-state index in [1.165, 1.54) is 0 Å². The van der Waals surface area contributed by atoms with Crippen molar-refractivity contribution in [2.75, 3.05) is 19.6 Å². The second-order valence-corrected chi connectivity index (χ2v) is 4.00. The summed E-state index contributed by atoms with van der Waals surface area (Å²) in [5.74, 6) is 0.779. The van der Waals surface area contributed by atoms with Crippen LogP contribution in [0.5, 0.6) is 0 Å². The Morgan fingerprint density at radius 1 is 1.62 bits per heavy atom. The van der Waals surface area contributed by atoms with Crippen molar-refractivity contribution in [2.24, 2.45) is 0 Å². The molecular formula is C11H17ClN2O2. The number of carbonyl (C=O) groups is 1. The topological polar surface area (TPSA) is 45.5 Å². The highest BCUT2D eigenvalue weighted by molar-refractivity contribution is 5.95. The summed E-state index contributed by atoms with van der Waals surface area (Å²) in [5.41, 5.74) is 0.684. The fraction of sp³-hybridized carbons (Fsp3) is 0.545. The van der Waals surface area contributed by atoms with Crippen LogP contribution in [0.4, 0.5) is 0 Å². The molecule has 1 aromatic rings. The molecule has 1 amide bonds. The van der Waals surface area contributed by atoms with Crippen molar-refractivity contribution in [3.8, 4) is 0 Å². The summed E-state index contributed by atoms with van der Waals surface area (Å²) < 4.78 is 5.14. The standard InChI is InChI=1S/C11H16N2O2.ClH/c1-8-7-13(5-4-12-8)11(14)10-3-6-15-9(10)2;/h3,6,8,12H,4-5,7H2,1-2H3;1H/t8-;/m1./s1. The van der Waals surface area contributed by atoms with Crippen molar-refractivity contribution in [3.63, 3.8) is 0 Å². The number of aryl methyl sites for hydroxylation is 1. The number of rotatable bonds is 1. The summed E-state index contributed by atoms with van der Waals surface area (Å²) in [6.45, 7) is 6.31. The van der Waals surface area contributed by atoms with Crippen molar-refractivity contribution >= 4 is 18.3 Å². The van der Waals surface area contributed by atoms with Crippen LogP contribution in [0.1, 0.15) is 23.0 Å². The molecule has 1 atom stereocenters. The lowest BCUT2D eigenvalue weighted by Crippen LogP contribution is -2.51. The summed E-state index contributed by atoms with van der Waals surface area (Å²) in [5, 5.41) is 3.31. The number of halogens is 1. The SMILES string of the molecule is Cc1occc1C(=O)N1CCN[C@H](C)C1.Cl. The van der Waals surface area contributed by atoms with E-state index >= 15 is 0 Å². The molecule has 0 spiro atoms. The molecule has 1 N–H and O–H groups in total. The van der Waals surface area contributed by atoms with Gasteiger partial charge in [-0.1, -0.05) is 0 Å². The predicted octanol–water partition coefficient (Wildman–Crippen LogP) is 1.44. The highest BCUT2D eigenvalue weighted by Crippen LogP contribution is 2.13. The van der Waals surface area contributed by atoms with Gasteiger partial charge in [-0.3, -0.25) is 4.79 Å². The Morgan fingerprint density at radius 2 is 2.38 bits per heavy atom. The monoisotopic (exact) mass is 244 g/mol. The number of furan rings is 1. The molecule has 2 rings (SSSR count). The van der Waals surface area contributed by atoms with Crippen LogP contribution in [0.15, 0.2) is 16.7 Å². The fourth-order valence-corrected chi connectivity index (χ4v) is 1.89. The highest BCUT2D eigenvalue weighted by atomic mass is 35.5. The number of carbonyl (C=O) groups excluding carboxylic acids is 1. The first-order chi connectivity index (χ1) is 7.18. The van der Waals surface area contributed by atoms with Crippen LogP contribution in [0.3, 0.4) is 0 Å². The van der Waals surface area contributed by atoms with Crippen LogP contribution in [0, 0.1) is 6.92 Å². The zero-order valence-electron chi connectivity index (χ0n) is 9.53. The lowest BCUT2D eigenvalue weighted by molar-refractivity contribution is 0.0707. The van der Waals surface area contributed by atoms with E-state index in [4.69, 9.17) is 4.42 Å². The van der Waals surface area contributed by atoms with Crippen molar-refractivity contribution in [2.45, 2.75) is 19.9 Å². The van der Waals surface area contributed by atoms with Gasteiger partial charge in [0.05, 0.1) is 11.8 Å². The largest absolute Gasteiger partial charge is 0.469 e. The van der Waals surface area contributed by atoms with Gasteiger partial charge in [0.25, 0.3) is 5.91 Å². The smallest absolute Gasteiger partial charge is 0.257 e. The molecule has 0 bridgehead atoms. The summed E-state index contributed by atoms with van der Waals surface area (Å²) in [6.07, 6.45) is 1.56. The molecule has 0 saturated carbocycles. The lowest BCUT2D eigenvalue weighted by atomic mass is 10.2. The van der Waals surface area contributed by atoms with E-state index in [-0.39, 0.29) is 18.3 Å². The first kappa shape index (κ1) is 13.1. The molecule has 1 saturated heterocycles. The molecule has 1 fully saturated rings. The van der Waals surface area contributed by atoms with E-state index in [0.29, 0.717) is 17.4 Å². The number of hydrogen-bond acceptors (Lipinski definition) is 3. The minimum atomic E-state index is 0. The van der Waals surface area contributed by atoms with Gasteiger partial charge in [0.2, 0.25) is 0 Å². The Hall–Kier alpha value is -1.00. The lowest BCUT2D eigenvalue weighted by Gasteiger charge is -2.31. The van der Waals surface area contributed by atoms with Gasteiger partial charge in [-0.2, -0.15) is 0 Å². The molecule has 16 heavy (non-hydrogen) atoms. The van der Waals surface area contributed by atoms with Gasteiger partial charge in [-0.15, -0.1) is 12.4 Å². The van der Waals surface area contributed by atoms with E-state index < -0.39 is 0 Å². The third kappa shape index (κ3) is 2.57. The molecule has 1 aliphatic rings. The van der Waals surface area contributed by atoms with E-state index in [2.05, 4.69) is 12.2 Å². The minimum absolute atomic E-state index is 0. The molecule has 90 valence electrons. The van der Waals surface area contributed by atoms with Crippen LogP contribution >= 0.6 is 12.4 Å². The average molecular weight is 245 g/mol. The predicted molar refractivity (Wildman–Crippen MR) is 64.1 cm³/mol. The molecule has 5 heteroatoms. The number of hydrogen-bond donors (Lipinski definition) is 1. The molecule has 0 unspecified atom stereocenters. The van der Waals surface area contributed by atoms with E-state index in [0.717, 1.165) is 19.6 Å². The third-order valence-electron chi connectivity index (χ3n) is 2.75. The fourth-order valence-electron chi connectivity index (χ4n) is 1.89. The summed E-state index contributed by atoms with van der Waals surface area (Å²) in [6, 6.07) is 2.11. The first-order valence-corrected chi connectivity index (χ1v) is 5.25. The minimum Gasteiger partial charge on any atom is -0.469 e. The van der Waals surface area contributed by atoms with Gasteiger partial charge in [0.15, 0.2) is 0 Å². The number of piperazine rings is 1. The van der Waals surface area contributed by atoms with Crippen LogP contribution in [-0.2, 0) is 0 Å². The van der Waals surface area contributed by atoms with E-state index in [1.54, 1.807) is 12.3 Å². The summed E-state index contributed by atoms with van der Waals surface area (Å²) in [7, 11) is 0. The van der Waals surface area contributed by atoms with E-state index in [9.17, 15) is 4.79 Å². The normalized spacial score (nSPS) is 20.4. The van der Waals surface area contributed by atoms with Gasteiger partial charge < -0.3 is 14.6 Å². The van der Waals surface area contributed by atoms with Crippen LogP contribution in [0.25, 0.3) is 0 Å². The highest BCUT2D eigenvalue weighted by Gasteiger charge is 2.23. The maximum atomic E-state index is 12.1. The zero-order valence-corrected chi connectivity index (χ0v) is 10.3. The summed E-state index contributed by atoms with van der Waals surface area (Å²) >= 11 is 0. The molecule has 1 aromatic heterocycles. The number of nitrogens with zero attached hydrogens (tertiary/aromatic N) is 1. The van der Waals surface area contributed by atoms with Crippen molar-refractivity contribution < 1.29 is 9.21 Å². The average Bonchev–Trinajstić information content (AvgIpc) is 2.63. The summed E-state index contributed by atoms with van der Waals surface area (Å²) in [4.78, 5) is 13.9. The van der Waals surface area contributed by atoms with Crippen LogP contribution in [-0.4, -0.2) is 36.5 Å². The number of amides is 1. The zero-order chi connectivity index (χ0) is 10.8. The van der Waals surface area contributed by atoms with Crippen molar-refractivity contribution in [1.29, 1.82) is 0 Å². The maximum absolute atomic E-state index is 12.1. The van der Waals surface area contributed by atoms with Gasteiger partial charge in [0.1, 0.15) is 5.76 Å². The maximum Gasteiger partial charge on any atom is 0.257 e. The Bertz CT molecular complexity index is 365. The third-order valence-corrected chi connectivity index (χ3v) is 2.75. The van der Waals surface area contributed by atoms with Crippen LogP contribution in [0.2, 0.25) is 0 Å². The Labute approximate surface area is 101 Å². The molecular weight excluding hydrogens is 228 g/mol. The quantitative estimate of drug-likeness (QED) is 0.813. The van der Waals surface area contributed by atoms with Gasteiger partial charge in [0, 0.05) is 25.7 Å². The first-order valence-electron chi connectivity index (χ1n) is 5.25. The Balaban J connectivity index is 0.00000128. The molecule has 4 nitrogen and oxygen atoms in total. The van der Waals surface area contributed by atoms with E-state index in [1.807, 2.05) is 11.8 Å². The van der Waals surface area contributed by atoms with Crippen molar-refractivity contribution in [3.05, 3.63) is 23.7 Å². The molecule has 2 heterocycles. The van der Waals surface area contributed by atoms with Gasteiger partial charge >= 0.3 is 0 Å². The second kappa shape index (κ2) is 5.37. The van der Waals surface area contributed by atoms with Crippen molar-refractivity contribution in [1.82, 2.24) is 10.2 Å². The molecule has 0 radical (unpaired) electrons. The number of nitrogens with one attached hydrogen (secondary N) is 1. The molecule has 1 aliphatic heterocycles. The molecule has 0 aliphatic carbocycles. The second-order valence-electron chi connectivity index (χ2n) is 4.00. The van der Waals surface area contributed by atoms with Gasteiger partial charge in [-0.05, 0) is 19.9 Å². The molecule has 0 aromatic carbocycles.